The lowest BCUT2D eigenvalue weighted by atomic mass is 10.0. The Morgan fingerprint density at radius 3 is 2.97 bits per heavy atom. The van der Waals surface area contributed by atoms with Crippen molar-refractivity contribution in [3.05, 3.63) is 35.4 Å². The van der Waals surface area contributed by atoms with Crippen LogP contribution in [0.5, 0.6) is 11.5 Å². The molecule has 2 rings (SSSR count). The number of thioether (sulfide) groups is 1. The van der Waals surface area contributed by atoms with E-state index in [1.54, 1.807) is 13.0 Å². The lowest BCUT2D eigenvalue weighted by molar-refractivity contribution is -0.121. The molecule has 1 amide bonds. The number of hydrogen-bond acceptors (Lipinski definition) is 7. The molecule has 9 heteroatoms. The lowest BCUT2D eigenvalue weighted by Gasteiger charge is -2.22. The van der Waals surface area contributed by atoms with Crippen molar-refractivity contribution in [1.82, 2.24) is 10.6 Å². The maximum Gasteiger partial charge on any atom is 0.338 e. The van der Waals surface area contributed by atoms with E-state index in [9.17, 15) is 14.7 Å². The minimum absolute atomic E-state index is 0.0306. The molecule has 0 unspecified atom stereocenters. The fraction of sp³-hybridized carbons (Fsp3) is 0.476. The molecule has 0 saturated carbocycles. The van der Waals surface area contributed by atoms with Crippen molar-refractivity contribution in [2.75, 3.05) is 26.0 Å². The quantitative estimate of drug-likeness (QED) is 0.365. The van der Waals surface area contributed by atoms with E-state index in [1.807, 2.05) is 0 Å². The first-order chi connectivity index (χ1) is 14.4. The van der Waals surface area contributed by atoms with Gasteiger partial charge in [-0.05, 0) is 19.8 Å². The number of amides is 1. The van der Waals surface area contributed by atoms with Crippen molar-refractivity contribution < 1.29 is 24.2 Å². The molecule has 1 atom stereocenters. The van der Waals surface area contributed by atoms with Gasteiger partial charge in [-0.25, -0.2) is 4.79 Å². The van der Waals surface area contributed by atoms with Gasteiger partial charge in [-0.3, -0.25) is 4.79 Å². The molecule has 0 spiro atoms. The average molecular weight is 453 g/mol. The third kappa shape index (κ3) is 6.37. The number of aromatic hydroxyl groups is 1. The molecular formula is C21H28N2O5S2. The van der Waals surface area contributed by atoms with Crippen molar-refractivity contribution in [3.8, 4) is 11.5 Å². The largest absolute Gasteiger partial charge is 0.507 e. The number of thiocarbonyl (C=S) groups is 1. The number of esters is 1. The van der Waals surface area contributed by atoms with Crippen molar-refractivity contribution in [1.29, 1.82) is 0 Å². The van der Waals surface area contributed by atoms with Gasteiger partial charge >= 0.3 is 5.97 Å². The molecular weight excluding hydrogens is 424 g/mol. The lowest BCUT2D eigenvalue weighted by Crippen LogP contribution is -2.47. The van der Waals surface area contributed by atoms with Gasteiger partial charge in [0.2, 0.25) is 5.91 Å². The van der Waals surface area contributed by atoms with E-state index in [0.717, 1.165) is 0 Å². The number of cyclic esters (lactones) is 1. The highest BCUT2D eigenvalue weighted by Crippen LogP contribution is 2.35. The van der Waals surface area contributed by atoms with E-state index in [-0.39, 0.29) is 24.3 Å². The zero-order valence-corrected chi connectivity index (χ0v) is 18.9. The maximum atomic E-state index is 12.8. The Bertz CT molecular complexity index is 813. The number of ether oxygens (including phenoxy) is 2. The first kappa shape index (κ1) is 24.0. The Morgan fingerprint density at radius 1 is 1.50 bits per heavy atom. The van der Waals surface area contributed by atoms with Crippen molar-refractivity contribution >= 4 is 40.8 Å². The zero-order valence-electron chi connectivity index (χ0n) is 17.3. The summed E-state index contributed by atoms with van der Waals surface area (Å²) in [5.74, 6) is 0.617. The van der Waals surface area contributed by atoms with Crippen LogP contribution in [-0.2, 0) is 15.3 Å². The molecule has 1 aromatic rings. The van der Waals surface area contributed by atoms with Gasteiger partial charge in [-0.2, -0.15) is 11.8 Å². The monoisotopic (exact) mass is 452 g/mol. The second-order valence-electron chi connectivity index (χ2n) is 6.84. The highest BCUT2D eigenvalue weighted by Gasteiger charge is 2.24. The van der Waals surface area contributed by atoms with E-state index < -0.39 is 5.97 Å². The molecule has 0 aliphatic carbocycles. The van der Waals surface area contributed by atoms with Crippen LogP contribution in [0, 0.1) is 6.92 Å². The second-order valence-corrected chi connectivity index (χ2v) is 8.31. The maximum absolute atomic E-state index is 12.8. The molecule has 7 nitrogen and oxygen atoms in total. The first-order valence-corrected chi connectivity index (χ1v) is 11.3. The number of carbonyl (C=O) groups is 2. The van der Waals surface area contributed by atoms with Gasteiger partial charge in [0.15, 0.2) is 0 Å². The molecule has 1 aliphatic heterocycles. The number of rotatable bonds is 4. The molecule has 0 saturated heterocycles. The van der Waals surface area contributed by atoms with E-state index in [4.69, 9.17) is 21.7 Å². The van der Waals surface area contributed by atoms with Crippen molar-refractivity contribution in [3.63, 3.8) is 0 Å². The Hall–Kier alpha value is -2.26. The topological polar surface area (TPSA) is 96.9 Å². The van der Waals surface area contributed by atoms with Crippen LogP contribution in [0.1, 0.15) is 40.7 Å². The molecule has 3 N–H and O–H groups in total. The van der Waals surface area contributed by atoms with E-state index in [2.05, 4.69) is 17.2 Å². The van der Waals surface area contributed by atoms with Crippen LogP contribution < -0.4 is 15.4 Å². The molecule has 0 bridgehead atoms. The summed E-state index contributed by atoms with van der Waals surface area (Å²) in [6.07, 6.45) is 3.16. The van der Waals surface area contributed by atoms with Crippen LogP contribution in [0.3, 0.4) is 0 Å². The standard InChI is InChI=1S/C21H28N2O5S2/c1-4-8-22-20(29)15-12-30-11-14-16(24)10-17(27-3)13(2)19(14)21(26)28-9-6-5-7-18(25)23-15/h4,10,15,24H,1,5-9,11-12H2,2-3H3,(H,22,29)(H,23,25)/t15-/m1/s1. The minimum atomic E-state index is -0.501. The Kier molecular flexibility index (Phi) is 9.45. The van der Waals surface area contributed by atoms with Gasteiger partial charge in [0, 0.05) is 41.7 Å². The Labute approximate surface area is 186 Å². The van der Waals surface area contributed by atoms with E-state index in [0.29, 0.717) is 64.7 Å². The summed E-state index contributed by atoms with van der Waals surface area (Å²) in [5, 5.41) is 16.6. The summed E-state index contributed by atoms with van der Waals surface area (Å²) in [5.41, 5.74) is 1.43. The zero-order chi connectivity index (χ0) is 22.1. The van der Waals surface area contributed by atoms with Crippen LogP contribution in [0.4, 0.5) is 0 Å². The normalized spacial score (nSPS) is 18.3. The smallest absolute Gasteiger partial charge is 0.338 e. The Morgan fingerprint density at radius 2 is 2.27 bits per heavy atom. The molecule has 1 heterocycles. The molecule has 30 heavy (non-hydrogen) atoms. The summed E-state index contributed by atoms with van der Waals surface area (Å²) in [7, 11) is 1.49. The number of phenolic OH excluding ortho intramolecular Hbond substituents is 1. The molecule has 1 aliphatic rings. The van der Waals surface area contributed by atoms with Gasteiger partial charge in [0.1, 0.15) is 11.5 Å². The second kappa shape index (κ2) is 11.8. The fourth-order valence-electron chi connectivity index (χ4n) is 3.08. The predicted molar refractivity (Wildman–Crippen MR) is 122 cm³/mol. The summed E-state index contributed by atoms with van der Waals surface area (Å²) in [6, 6.07) is 1.14. The molecule has 0 radical (unpaired) electrons. The van der Waals surface area contributed by atoms with Crippen molar-refractivity contribution in [2.45, 2.75) is 38.0 Å². The highest BCUT2D eigenvalue weighted by atomic mass is 32.2. The van der Waals surface area contributed by atoms with E-state index in [1.165, 1.54) is 24.9 Å². The number of hydrogen-bond donors (Lipinski definition) is 3. The van der Waals surface area contributed by atoms with Gasteiger partial charge in [-0.1, -0.05) is 18.3 Å². The highest BCUT2D eigenvalue weighted by molar-refractivity contribution is 7.98. The third-order valence-electron chi connectivity index (χ3n) is 4.68. The van der Waals surface area contributed by atoms with Crippen molar-refractivity contribution in [2.24, 2.45) is 0 Å². The summed E-state index contributed by atoms with van der Waals surface area (Å²) >= 11 is 6.89. The molecule has 164 valence electrons. The molecule has 1 aromatic carbocycles. The number of nitrogens with one attached hydrogen (secondary N) is 2. The van der Waals surface area contributed by atoms with Crippen LogP contribution in [-0.4, -0.2) is 54.0 Å². The van der Waals surface area contributed by atoms with Gasteiger partial charge in [0.05, 0.1) is 30.3 Å². The number of fused-ring (bicyclic) bond motifs is 1. The summed E-state index contributed by atoms with van der Waals surface area (Å²) in [4.78, 5) is 25.6. The molecule has 0 aromatic heterocycles. The summed E-state index contributed by atoms with van der Waals surface area (Å²) < 4.78 is 10.7. The minimum Gasteiger partial charge on any atom is -0.507 e. The van der Waals surface area contributed by atoms with E-state index >= 15 is 0 Å². The number of carbonyl (C=O) groups excluding carboxylic acids is 2. The summed E-state index contributed by atoms with van der Waals surface area (Å²) in [6.45, 7) is 6.13. The number of methoxy groups -OCH3 is 1. The molecule has 0 fully saturated rings. The Balaban J connectivity index is 2.32. The SMILES string of the molecule is C=CCNC(=S)[C@H]1CSCc2c(O)cc(OC)c(C)c2C(=O)OCCCCC(=O)N1. The van der Waals surface area contributed by atoms with Crippen LogP contribution in [0.2, 0.25) is 0 Å². The van der Waals surface area contributed by atoms with Gasteiger partial charge in [0.25, 0.3) is 0 Å². The van der Waals surface area contributed by atoms with Crippen LogP contribution >= 0.6 is 24.0 Å². The number of phenols is 1. The first-order valence-electron chi connectivity index (χ1n) is 9.71. The fourth-order valence-corrected chi connectivity index (χ4v) is 4.51. The van der Waals surface area contributed by atoms with Crippen LogP contribution in [0.15, 0.2) is 18.7 Å². The predicted octanol–water partition coefficient (Wildman–Crippen LogP) is 2.87. The van der Waals surface area contributed by atoms with Gasteiger partial charge in [-0.15, -0.1) is 6.58 Å². The van der Waals surface area contributed by atoms with Crippen LogP contribution in [0.25, 0.3) is 0 Å². The average Bonchev–Trinajstić information content (AvgIpc) is 2.72. The number of benzene rings is 1. The third-order valence-corrected chi connectivity index (χ3v) is 6.17. The van der Waals surface area contributed by atoms with Gasteiger partial charge < -0.3 is 25.2 Å².